The third-order valence-corrected chi connectivity index (χ3v) is 6.65. The van der Waals surface area contributed by atoms with Gasteiger partial charge in [0.1, 0.15) is 5.82 Å². The first-order valence-electron chi connectivity index (χ1n) is 13.5. The number of benzene rings is 2. The minimum Gasteiger partial charge on any atom is -0.474 e. The largest absolute Gasteiger partial charge is 0.474 e. The maximum Gasteiger partial charge on any atom is 0.394 e. The molecule has 0 saturated carbocycles. The molecule has 202 valence electrons. The zero-order valence-electron chi connectivity index (χ0n) is 22.2. The van der Waals surface area contributed by atoms with Crippen LogP contribution < -0.4 is 5.32 Å². The lowest BCUT2D eigenvalue weighted by molar-refractivity contribution is -0.157. The highest BCUT2D eigenvalue weighted by molar-refractivity contribution is 6.31. The summed E-state index contributed by atoms with van der Waals surface area (Å²) in [5.41, 5.74) is 1.83. The van der Waals surface area contributed by atoms with Crippen molar-refractivity contribution in [3.63, 3.8) is 0 Å². The molecule has 0 heterocycles. The van der Waals surface area contributed by atoms with Crippen LogP contribution in [0.1, 0.15) is 106 Å². The molecule has 0 spiro atoms. The van der Waals surface area contributed by atoms with Crippen LogP contribution in [0.15, 0.2) is 48.5 Å². The summed E-state index contributed by atoms with van der Waals surface area (Å²) in [4.78, 5) is 37.5. The number of rotatable bonds is 16. The molecule has 0 aliphatic carbocycles. The van der Waals surface area contributed by atoms with E-state index < -0.39 is 23.7 Å². The molecule has 0 fully saturated rings. The Balaban J connectivity index is 1.80. The first-order chi connectivity index (χ1) is 17.8. The van der Waals surface area contributed by atoms with Crippen LogP contribution in [0.2, 0.25) is 0 Å². The van der Waals surface area contributed by atoms with Crippen molar-refractivity contribution >= 4 is 17.8 Å². The van der Waals surface area contributed by atoms with Crippen LogP contribution in [0.4, 0.5) is 4.39 Å². The number of halogens is 1. The number of hydrogen-bond acceptors (Lipinski definition) is 3. The molecular weight excluding hydrogens is 471 g/mol. The Morgan fingerprint density at radius 3 is 1.92 bits per heavy atom. The molecule has 0 aromatic heterocycles. The number of carbonyl (C=O) groups excluding carboxylic acids is 2. The van der Waals surface area contributed by atoms with Crippen LogP contribution in [0.3, 0.4) is 0 Å². The van der Waals surface area contributed by atoms with Crippen LogP contribution >= 0.6 is 0 Å². The van der Waals surface area contributed by atoms with E-state index in [2.05, 4.69) is 12.2 Å². The van der Waals surface area contributed by atoms with Crippen molar-refractivity contribution in [2.24, 2.45) is 0 Å². The molecule has 2 aromatic rings. The number of nitrogens with zero attached hydrogens (tertiary/aromatic N) is 1. The molecule has 0 bridgehead atoms. The SMILES string of the molecule is CCCCCCCCCCCCNC(=O)c1ccc(CN(C(=O)C(=O)O)C(C)c2ccc(F)cc2)cc1. The summed E-state index contributed by atoms with van der Waals surface area (Å²) in [6.07, 6.45) is 12.4. The van der Waals surface area contributed by atoms with Crippen molar-refractivity contribution in [3.8, 4) is 0 Å². The summed E-state index contributed by atoms with van der Waals surface area (Å²) >= 11 is 0. The highest BCUT2D eigenvalue weighted by Crippen LogP contribution is 2.23. The molecule has 0 aliphatic heterocycles. The second-order valence-electron chi connectivity index (χ2n) is 9.60. The average molecular weight is 513 g/mol. The molecule has 7 heteroatoms. The van der Waals surface area contributed by atoms with E-state index in [1.807, 2.05) is 0 Å². The quantitative estimate of drug-likeness (QED) is 0.195. The van der Waals surface area contributed by atoms with Crippen molar-refractivity contribution in [3.05, 3.63) is 71.0 Å². The Bertz CT molecular complexity index is 976. The van der Waals surface area contributed by atoms with Crippen molar-refractivity contribution in [2.45, 2.75) is 90.6 Å². The fraction of sp³-hybridized carbons (Fsp3) is 0.500. The van der Waals surface area contributed by atoms with Gasteiger partial charge in [-0.25, -0.2) is 9.18 Å². The molecule has 1 unspecified atom stereocenters. The molecule has 2 amide bonds. The van der Waals surface area contributed by atoms with Gasteiger partial charge >= 0.3 is 11.9 Å². The molecule has 2 rings (SSSR count). The van der Waals surface area contributed by atoms with Gasteiger partial charge in [0.25, 0.3) is 5.91 Å². The number of carboxylic acids is 1. The number of unbranched alkanes of at least 4 members (excludes halogenated alkanes) is 9. The topological polar surface area (TPSA) is 86.7 Å². The summed E-state index contributed by atoms with van der Waals surface area (Å²) in [6, 6.07) is 11.8. The molecule has 0 radical (unpaired) electrons. The van der Waals surface area contributed by atoms with Crippen LogP contribution in [-0.4, -0.2) is 34.3 Å². The Morgan fingerprint density at radius 2 is 1.38 bits per heavy atom. The molecule has 37 heavy (non-hydrogen) atoms. The van der Waals surface area contributed by atoms with E-state index in [4.69, 9.17) is 0 Å². The number of carboxylic acid groups (broad SMARTS) is 1. The van der Waals surface area contributed by atoms with Crippen molar-refractivity contribution in [1.29, 1.82) is 0 Å². The van der Waals surface area contributed by atoms with Crippen LogP contribution in [0.25, 0.3) is 0 Å². The number of amides is 2. The normalized spacial score (nSPS) is 11.6. The first kappa shape index (κ1) is 30.0. The van der Waals surface area contributed by atoms with Gasteiger partial charge in [-0.15, -0.1) is 0 Å². The number of carbonyl (C=O) groups is 3. The lowest BCUT2D eigenvalue weighted by atomic mass is 10.0. The highest BCUT2D eigenvalue weighted by atomic mass is 19.1. The summed E-state index contributed by atoms with van der Waals surface area (Å²) in [6.45, 7) is 4.61. The van der Waals surface area contributed by atoms with Crippen molar-refractivity contribution in [2.75, 3.05) is 6.54 Å². The highest BCUT2D eigenvalue weighted by Gasteiger charge is 2.27. The van der Waals surface area contributed by atoms with E-state index >= 15 is 0 Å². The van der Waals surface area contributed by atoms with Gasteiger partial charge in [0.15, 0.2) is 0 Å². The van der Waals surface area contributed by atoms with Gasteiger partial charge in [0.05, 0.1) is 6.04 Å². The van der Waals surface area contributed by atoms with Gasteiger partial charge in [-0.05, 0) is 48.7 Å². The van der Waals surface area contributed by atoms with Gasteiger partial charge in [-0.3, -0.25) is 9.59 Å². The fourth-order valence-corrected chi connectivity index (χ4v) is 4.30. The van der Waals surface area contributed by atoms with Crippen LogP contribution in [-0.2, 0) is 16.1 Å². The summed E-state index contributed by atoms with van der Waals surface area (Å²) in [7, 11) is 0. The van der Waals surface area contributed by atoms with E-state index in [1.54, 1.807) is 31.2 Å². The monoisotopic (exact) mass is 512 g/mol. The van der Waals surface area contributed by atoms with Gasteiger partial charge in [-0.2, -0.15) is 0 Å². The second kappa shape index (κ2) is 16.5. The van der Waals surface area contributed by atoms with Crippen LogP contribution in [0, 0.1) is 5.82 Å². The maximum atomic E-state index is 13.3. The molecule has 0 saturated heterocycles. The van der Waals surface area contributed by atoms with Crippen molar-refractivity contribution in [1.82, 2.24) is 10.2 Å². The van der Waals surface area contributed by atoms with E-state index in [9.17, 15) is 23.9 Å². The van der Waals surface area contributed by atoms with Gasteiger partial charge in [0, 0.05) is 18.7 Å². The van der Waals surface area contributed by atoms with Crippen molar-refractivity contribution < 1.29 is 23.9 Å². The molecule has 2 aromatic carbocycles. The number of nitrogens with one attached hydrogen (secondary N) is 1. The second-order valence-corrected chi connectivity index (χ2v) is 9.60. The minimum atomic E-state index is -1.56. The predicted molar refractivity (Wildman–Crippen MR) is 144 cm³/mol. The summed E-state index contributed by atoms with van der Waals surface area (Å²) in [5.74, 6) is -3.17. The summed E-state index contributed by atoms with van der Waals surface area (Å²) in [5, 5.41) is 12.2. The standard InChI is InChI=1S/C30H41FN2O4/c1-3-4-5-6-7-8-9-10-11-12-21-32-28(34)26-15-13-24(14-16-26)22-33(29(35)30(36)37)23(2)25-17-19-27(31)20-18-25/h13-20,23H,3-12,21-22H2,1-2H3,(H,32,34)(H,36,37). The fourth-order valence-electron chi connectivity index (χ4n) is 4.30. The van der Waals surface area contributed by atoms with E-state index in [0.29, 0.717) is 23.2 Å². The zero-order chi connectivity index (χ0) is 27.0. The Hall–Kier alpha value is -3.22. The van der Waals surface area contributed by atoms with Crippen LogP contribution in [0.5, 0.6) is 0 Å². The molecule has 2 N–H and O–H groups in total. The van der Waals surface area contributed by atoms with E-state index in [0.717, 1.165) is 12.8 Å². The predicted octanol–water partition coefficient (Wildman–Crippen LogP) is 6.65. The van der Waals surface area contributed by atoms with Gasteiger partial charge in [-0.1, -0.05) is 89.0 Å². The Labute approximate surface area is 220 Å². The molecule has 0 aliphatic rings. The lowest BCUT2D eigenvalue weighted by Gasteiger charge is -2.28. The molecule has 6 nitrogen and oxygen atoms in total. The zero-order valence-corrected chi connectivity index (χ0v) is 22.2. The third-order valence-electron chi connectivity index (χ3n) is 6.65. The smallest absolute Gasteiger partial charge is 0.394 e. The molecule has 1 atom stereocenters. The average Bonchev–Trinajstić information content (AvgIpc) is 2.90. The van der Waals surface area contributed by atoms with Gasteiger partial charge < -0.3 is 15.3 Å². The summed E-state index contributed by atoms with van der Waals surface area (Å²) < 4.78 is 13.3. The minimum absolute atomic E-state index is 0.0458. The first-order valence-corrected chi connectivity index (χ1v) is 13.5. The number of hydrogen-bond donors (Lipinski definition) is 2. The Kier molecular flexibility index (Phi) is 13.4. The maximum absolute atomic E-state index is 13.3. The molecular formula is C30H41FN2O4. The van der Waals surface area contributed by atoms with E-state index in [1.165, 1.54) is 80.5 Å². The van der Waals surface area contributed by atoms with Gasteiger partial charge in [0.2, 0.25) is 0 Å². The lowest BCUT2D eigenvalue weighted by Crippen LogP contribution is -2.38. The Morgan fingerprint density at radius 1 is 0.838 bits per heavy atom. The van der Waals surface area contributed by atoms with E-state index in [-0.39, 0.29) is 12.5 Å². The third kappa shape index (κ3) is 10.7. The number of aliphatic carboxylic acids is 1.